The van der Waals surface area contributed by atoms with Crippen LogP contribution >= 0.6 is 11.8 Å². The van der Waals surface area contributed by atoms with E-state index in [1.165, 1.54) is 23.5 Å². The second kappa shape index (κ2) is 9.26. The van der Waals surface area contributed by atoms with Gasteiger partial charge in [-0.2, -0.15) is 4.98 Å². The number of amides is 1. The van der Waals surface area contributed by atoms with Crippen LogP contribution in [0.1, 0.15) is 5.56 Å². The molecule has 0 bridgehead atoms. The molecule has 0 aliphatic carbocycles. The number of anilines is 2. The number of aromatic nitrogens is 2. The van der Waals surface area contributed by atoms with Crippen molar-refractivity contribution in [1.29, 1.82) is 0 Å². The van der Waals surface area contributed by atoms with Gasteiger partial charge in [0.1, 0.15) is 5.82 Å². The van der Waals surface area contributed by atoms with E-state index in [-0.39, 0.29) is 11.7 Å². The molecule has 3 aromatic rings. The Balaban J connectivity index is 1.43. The van der Waals surface area contributed by atoms with Crippen LogP contribution in [-0.2, 0) is 4.79 Å². The SMILES string of the molecule is Cc1ccc(-n2c(N)cc(=O)nc2SCC(=O)N2CCN(c3ccccc3)CC2)cc1. The Morgan fingerprint density at radius 3 is 2.35 bits per heavy atom. The molecule has 0 spiro atoms. The van der Waals surface area contributed by atoms with E-state index < -0.39 is 5.56 Å². The van der Waals surface area contributed by atoms with E-state index in [0.29, 0.717) is 24.1 Å². The zero-order valence-electron chi connectivity index (χ0n) is 17.4. The van der Waals surface area contributed by atoms with Crippen molar-refractivity contribution in [1.82, 2.24) is 14.5 Å². The summed E-state index contributed by atoms with van der Waals surface area (Å²) in [6, 6.07) is 19.3. The first-order chi connectivity index (χ1) is 15.0. The molecule has 1 amide bonds. The first-order valence-electron chi connectivity index (χ1n) is 10.2. The number of aryl methyl sites for hydroxylation is 1. The number of carbonyl (C=O) groups excluding carboxylic acids is 1. The molecule has 1 aromatic heterocycles. The largest absolute Gasteiger partial charge is 0.385 e. The number of carbonyl (C=O) groups is 1. The molecule has 31 heavy (non-hydrogen) atoms. The van der Waals surface area contributed by atoms with Crippen molar-refractivity contribution in [2.45, 2.75) is 12.1 Å². The number of thioether (sulfide) groups is 1. The number of hydrogen-bond donors (Lipinski definition) is 1. The molecule has 7 nitrogen and oxygen atoms in total. The molecule has 0 radical (unpaired) electrons. The lowest BCUT2D eigenvalue weighted by molar-refractivity contribution is -0.128. The van der Waals surface area contributed by atoms with Gasteiger partial charge in [0.25, 0.3) is 5.56 Å². The first-order valence-corrected chi connectivity index (χ1v) is 11.2. The van der Waals surface area contributed by atoms with Crippen LogP contribution in [0.4, 0.5) is 11.5 Å². The molecule has 8 heteroatoms. The summed E-state index contributed by atoms with van der Waals surface area (Å²) in [7, 11) is 0. The fourth-order valence-electron chi connectivity index (χ4n) is 3.60. The van der Waals surface area contributed by atoms with Crippen molar-refractivity contribution in [2.24, 2.45) is 0 Å². The molecule has 1 aliphatic heterocycles. The van der Waals surface area contributed by atoms with Crippen LogP contribution in [0.5, 0.6) is 0 Å². The number of piperazine rings is 1. The first kappa shape index (κ1) is 21.0. The number of para-hydroxylation sites is 1. The van der Waals surface area contributed by atoms with Crippen molar-refractivity contribution < 1.29 is 4.79 Å². The van der Waals surface area contributed by atoms with Gasteiger partial charge in [-0.3, -0.25) is 14.2 Å². The predicted octanol–water partition coefficient (Wildman–Crippen LogP) is 2.56. The summed E-state index contributed by atoms with van der Waals surface area (Å²) in [5.74, 6) is 0.535. The van der Waals surface area contributed by atoms with Crippen molar-refractivity contribution in [3.8, 4) is 5.69 Å². The Morgan fingerprint density at radius 1 is 1.00 bits per heavy atom. The second-order valence-electron chi connectivity index (χ2n) is 7.46. The maximum atomic E-state index is 12.8. The summed E-state index contributed by atoms with van der Waals surface area (Å²) in [4.78, 5) is 33.0. The molecule has 2 heterocycles. The van der Waals surface area contributed by atoms with Crippen LogP contribution in [-0.4, -0.2) is 52.3 Å². The highest BCUT2D eigenvalue weighted by atomic mass is 32.2. The summed E-state index contributed by atoms with van der Waals surface area (Å²) < 4.78 is 1.71. The molecule has 0 atom stereocenters. The quantitative estimate of drug-likeness (QED) is 0.490. The number of nitrogen functional groups attached to an aromatic ring is 1. The van der Waals surface area contributed by atoms with E-state index in [9.17, 15) is 9.59 Å². The summed E-state index contributed by atoms with van der Waals surface area (Å²) in [6.07, 6.45) is 0. The molecule has 160 valence electrons. The van der Waals surface area contributed by atoms with Crippen LogP contribution in [0.3, 0.4) is 0 Å². The molecule has 1 fully saturated rings. The van der Waals surface area contributed by atoms with Crippen LogP contribution in [0.2, 0.25) is 0 Å². The number of benzene rings is 2. The lowest BCUT2D eigenvalue weighted by Gasteiger charge is -2.36. The van der Waals surface area contributed by atoms with E-state index in [0.717, 1.165) is 24.3 Å². The number of rotatable bonds is 5. The zero-order valence-corrected chi connectivity index (χ0v) is 18.2. The van der Waals surface area contributed by atoms with E-state index in [1.54, 1.807) is 4.57 Å². The van der Waals surface area contributed by atoms with Crippen LogP contribution in [0.25, 0.3) is 5.69 Å². The number of hydrogen-bond acceptors (Lipinski definition) is 6. The lowest BCUT2D eigenvalue weighted by Crippen LogP contribution is -2.49. The van der Waals surface area contributed by atoms with Crippen molar-refractivity contribution in [3.05, 3.63) is 76.6 Å². The minimum Gasteiger partial charge on any atom is -0.385 e. The molecule has 1 saturated heterocycles. The fraction of sp³-hybridized carbons (Fsp3) is 0.261. The van der Waals surface area contributed by atoms with Gasteiger partial charge >= 0.3 is 0 Å². The van der Waals surface area contributed by atoms with Gasteiger partial charge in [-0.25, -0.2) is 0 Å². The third-order valence-electron chi connectivity index (χ3n) is 5.30. The molecule has 0 saturated carbocycles. The summed E-state index contributed by atoms with van der Waals surface area (Å²) in [6.45, 7) is 4.94. The molecule has 2 aromatic carbocycles. The minimum absolute atomic E-state index is 0.0323. The molecule has 4 rings (SSSR count). The van der Waals surface area contributed by atoms with E-state index in [4.69, 9.17) is 5.73 Å². The van der Waals surface area contributed by atoms with Gasteiger partial charge in [0.15, 0.2) is 5.16 Å². The van der Waals surface area contributed by atoms with Gasteiger partial charge < -0.3 is 15.5 Å². The Hall–Kier alpha value is -3.26. The highest BCUT2D eigenvalue weighted by Crippen LogP contribution is 2.23. The van der Waals surface area contributed by atoms with Gasteiger partial charge in [0.2, 0.25) is 5.91 Å². The van der Waals surface area contributed by atoms with Gasteiger partial charge in [-0.15, -0.1) is 0 Å². The standard InChI is InChI=1S/C23H25N5O2S/c1-17-7-9-19(10-8-17)28-20(24)15-21(29)25-23(28)31-16-22(30)27-13-11-26(12-14-27)18-5-3-2-4-6-18/h2-10,15H,11-14,16,24H2,1H3. The monoisotopic (exact) mass is 435 g/mol. The Kier molecular flexibility index (Phi) is 6.27. The fourth-order valence-corrected chi connectivity index (χ4v) is 4.53. The van der Waals surface area contributed by atoms with E-state index in [1.807, 2.05) is 54.3 Å². The maximum absolute atomic E-state index is 12.8. The maximum Gasteiger partial charge on any atom is 0.275 e. The predicted molar refractivity (Wildman–Crippen MR) is 125 cm³/mol. The molecule has 2 N–H and O–H groups in total. The highest BCUT2D eigenvalue weighted by molar-refractivity contribution is 7.99. The van der Waals surface area contributed by atoms with E-state index >= 15 is 0 Å². The number of nitrogens with two attached hydrogens (primary N) is 1. The smallest absolute Gasteiger partial charge is 0.275 e. The van der Waals surface area contributed by atoms with E-state index in [2.05, 4.69) is 22.0 Å². The summed E-state index contributed by atoms with van der Waals surface area (Å²) >= 11 is 1.24. The Labute approximate surface area is 185 Å². The van der Waals surface area contributed by atoms with Crippen molar-refractivity contribution >= 4 is 29.2 Å². The van der Waals surface area contributed by atoms with Crippen LogP contribution in [0, 0.1) is 6.92 Å². The normalized spacial score (nSPS) is 14.0. The summed E-state index contributed by atoms with van der Waals surface area (Å²) in [5.41, 5.74) is 8.81. The Bertz CT molecular complexity index is 1110. The van der Waals surface area contributed by atoms with Crippen LogP contribution in [0.15, 0.2) is 70.6 Å². The average molecular weight is 436 g/mol. The topological polar surface area (TPSA) is 84.5 Å². The molecular weight excluding hydrogens is 410 g/mol. The lowest BCUT2D eigenvalue weighted by atomic mass is 10.2. The highest BCUT2D eigenvalue weighted by Gasteiger charge is 2.22. The number of nitrogens with zero attached hydrogens (tertiary/aromatic N) is 4. The Morgan fingerprint density at radius 2 is 1.68 bits per heavy atom. The third-order valence-corrected chi connectivity index (χ3v) is 6.22. The molecule has 1 aliphatic rings. The minimum atomic E-state index is -0.410. The van der Waals surface area contributed by atoms with Gasteiger partial charge in [-0.05, 0) is 31.2 Å². The molecule has 0 unspecified atom stereocenters. The van der Waals surface area contributed by atoms with Crippen molar-refractivity contribution in [2.75, 3.05) is 42.6 Å². The van der Waals surface area contributed by atoms with Gasteiger partial charge in [0.05, 0.1) is 5.75 Å². The van der Waals surface area contributed by atoms with Crippen LogP contribution < -0.4 is 16.2 Å². The van der Waals surface area contributed by atoms with Gasteiger partial charge in [-0.1, -0.05) is 47.7 Å². The third kappa shape index (κ3) is 4.91. The second-order valence-corrected chi connectivity index (χ2v) is 8.41. The van der Waals surface area contributed by atoms with Crippen molar-refractivity contribution in [3.63, 3.8) is 0 Å². The zero-order chi connectivity index (χ0) is 21.8. The molecular formula is C23H25N5O2S. The summed E-state index contributed by atoms with van der Waals surface area (Å²) in [5, 5.41) is 0.421. The average Bonchev–Trinajstić information content (AvgIpc) is 2.79. The van der Waals surface area contributed by atoms with Gasteiger partial charge in [0, 0.05) is 43.6 Å².